The molecule has 0 amide bonds. The van der Waals surface area contributed by atoms with Gasteiger partial charge in [-0.2, -0.15) is 0 Å². The Morgan fingerprint density at radius 1 is 1.53 bits per heavy atom. The fourth-order valence-corrected chi connectivity index (χ4v) is 1.23. The number of rotatable bonds is 5. The highest BCUT2D eigenvalue weighted by Crippen LogP contribution is 2.28. The summed E-state index contributed by atoms with van der Waals surface area (Å²) < 4.78 is 5.13. The highest BCUT2D eigenvalue weighted by molar-refractivity contribution is 5.68. The summed E-state index contributed by atoms with van der Waals surface area (Å²) in [5.41, 5.74) is 1.60. The first-order chi connectivity index (χ1) is 8.02. The van der Waals surface area contributed by atoms with Crippen LogP contribution >= 0.6 is 0 Å². The number of carbonyl (C=O) groups is 1. The van der Waals surface area contributed by atoms with Crippen molar-refractivity contribution < 1.29 is 14.6 Å². The van der Waals surface area contributed by atoms with Gasteiger partial charge in [-0.05, 0) is 24.6 Å². The summed E-state index contributed by atoms with van der Waals surface area (Å²) in [7, 11) is 3.09. The molecular weight excluding hydrogens is 222 g/mol. The number of carboxylic acids is 1. The molecule has 0 fully saturated rings. The number of methoxy groups -OCH3 is 1. The average Bonchev–Trinajstić information content (AvgIpc) is 2.25. The first-order valence-electron chi connectivity index (χ1n) is 5.02. The average molecular weight is 237 g/mol. The summed E-state index contributed by atoms with van der Waals surface area (Å²) in [5.74, 6) is -0.356. The Kier molecular flexibility index (Phi) is 4.45. The molecule has 0 aliphatic carbocycles. The van der Waals surface area contributed by atoms with Crippen molar-refractivity contribution in [2.45, 2.75) is 6.92 Å². The predicted octanol–water partition coefficient (Wildman–Crippen LogP) is 2.02. The van der Waals surface area contributed by atoms with E-state index in [1.54, 1.807) is 20.2 Å². The molecule has 0 spiro atoms. The second-order valence-corrected chi connectivity index (χ2v) is 3.57. The van der Waals surface area contributed by atoms with Crippen LogP contribution < -0.4 is 4.74 Å². The summed E-state index contributed by atoms with van der Waals surface area (Å²) in [6.07, 6.45) is 0. The predicted molar refractivity (Wildman–Crippen MR) is 62.5 cm³/mol. The maximum Gasteiger partial charge on any atom is 0.324 e. The van der Waals surface area contributed by atoms with Crippen molar-refractivity contribution in [2.24, 2.45) is 10.3 Å². The summed E-state index contributed by atoms with van der Waals surface area (Å²) in [4.78, 5) is 10.4. The lowest BCUT2D eigenvalue weighted by molar-refractivity contribution is -0.138. The summed E-state index contributed by atoms with van der Waals surface area (Å²) in [6.45, 7) is 1.73. The van der Waals surface area contributed by atoms with Crippen LogP contribution in [0.3, 0.4) is 0 Å². The minimum absolute atomic E-state index is 0.197. The molecule has 17 heavy (non-hydrogen) atoms. The van der Waals surface area contributed by atoms with Gasteiger partial charge in [-0.3, -0.25) is 9.80 Å². The first kappa shape index (κ1) is 13.0. The SMILES string of the molecule is COc1ccc(C)cc1N=NN(C)CC(=O)O. The van der Waals surface area contributed by atoms with Crippen LogP contribution in [-0.2, 0) is 4.79 Å². The van der Waals surface area contributed by atoms with Crippen LogP contribution in [0.15, 0.2) is 28.5 Å². The van der Waals surface area contributed by atoms with Crippen LogP contribution in [0.4, 0.5) is 5.69 Å². The lowest BCUT2D eigenvalue weighted by atomic mass is 10.2. The quantitative estimate of drug-likeness (QED) is 0.628. The number of aliphatic carboxylic acids is 1. The highest BCUT2D eigenvalue weighted by atomic mass is 16.5. The molecule has 0 saturated heterocycles. The third-order valence-electron chi connectivity index (χ3n) is 2.00. The molecule has 0 heterocycles. The van der Waals surface area contributed by atoms with Gasteiger partial charge in [0.2, 0.25) is 0 Å². The monoisotopic (exact) mass is 237 g/mol. The van der Waals surface area contributed by atoms with Gasteiger partial charge in [0.25, 0.3) is 0 Å². The Hall–Kier alpha value is -2.11. The van der Waals surface area contributed by atoms with Gasteiger partial charge in [0.05, 0.1) is 7.11 Å². The molecule has 1 N–H and O–H groups in total. The van der Waals surface area contributed by atoms with Crippen LogP contribution in [-0.4, -0.2) is 36.8 Å². The van der Waals surface area contributed by atoms with Crippen molar-refractivity contribution in [1.29, 1.82) is 0 Å². The topological polar surface area (TPSA) is 74.5 Å². The van der Waals surface area contributed by atoms with Gasteiger partial charge in [-0.1, -0.05) is 11.3 Å². The number of nitrogens with zero attached hydrogens (tertiary/aromatic N) is 3. The van der Waals surface area contributed by atoms with Crippen molar-refractivity contribution in [3.8, 4) is 5.75 Å². The normalized spacial score (nSPS) is 10.5. The van der Waals surface area contributed by atoms with Gasteiger partial charge < -0.3 is 9.84 Å². The van der Waals surface area contributed by atoms with E-state index in [0.717, 1.165) is 5.56 Å². The van der Waals surface area contributed by atoms with E-state index in [2.05, 4.69) is 10.3 Å². The largest absolute Gasteiger partial charge is 0.494 e. The minimum atomic E-state index is -0.956. The van der Waals surface area contributed by atoms with E-state index >= 15 is 0 Å². The molecule has 6 nitrogen and oxygen atoms in total. The second kappa shape index (κ2) is 5.83. The van der Waals surface area contributed by atoms with Crippen LogP contribution in [0.5, 0.6) is 5.75 Å². The molecule has 1 rings (SSSR count). The van der Waals surface area contributed by atoms with Crippen molar-refractivity contribution >= 4 is 11.7 Å². The smallest absolute Gasteiger partial charge is 0.324 e. The maximum atomic E-state index is 10.4. The Balaban J connectivity index is 2.82. The second-order valence-electron chi connectivity index (χ2n) is 3.57. The molecule has 1 aromatic rings. The number of aryl methyl sites for hydroxylation is 1. The highest BCUT2D eigenvalue weighted by Gasteiger charge is 2.04. The van der Waals surface area contributed by atoms with E-state index in [9.17, 15) is 4.79 Å². The Labute approximate surface area is 99.5 Å². The summed E-state index contributed by atoms with van der Waals surface area (Å²) in [6, 6.07) is 5.51. The third-order valence-corrected chi connectivity index (χ3v) is 2.00. The molecule has 0 unspecified atom stereocenters. The number of hydrogen-bond acceptors (Lipinski definition) is 4. The van der Waals surface area contributed by atoms with Gasteiger partial charge in [0.1, 0.15) is 18.0 Å². The summed E-state index contributed by atoms with van der Waals surface area (Å²) in [5, 5.41) is 17.5. The molecule has 1 aromatic carbocycles. The molecule has 0 aromatic heterocycles. The fourth-order valence-electron chi connectivity index (χ4n) is 1.23. The lowest BCUT2D eigenvalue weighted by Gasteiger charge is -2.08. The number of likely N-dealkylation sites (N-methyl/N-ethyl adjacent to an activating group) is 1. The molecule has 0 aliphatic rings. The lowest BCUT2D eigenvalue weighted by Crippen LogP contribution is -2.19. The van der Waals surface area contributed by atoms with Gasteiger partial charge in [0.15, 0.2) is 0 Å². The summed E-state index contributed by atoms with van der Waals surface area (Å²) >= 11 is 0. The molecular formula is C11H15N3O3. The molecule has 0 radical (unpaired) electrons. The fraction of sp³-hybridized carbons (Fsp3) is 0.364. The van der Waals surface area contributed by atoms with Crippen molar-refractivity contribution in [3.63, 3.8) is 0 Å². The van der Waals surface area contributed by atoms with Gasteiger partial charge in [-0.15, -0.1) is 5.11 Å². The van der Waals surface area contributed by atoms with Crippen molar-refractivity contribution in [1.82, 2.24) is 5.01 Å². The van der Waals surface area contributed by atoms with E-state index in [0.29, 0.717) is 11.4 Å². The molecule has 0 saturated carbocycles. The standard InChI is InChI=1S/C11H15N3O3/c1-8-4-5-10(17-3)9(6-8)12-13-14(2)7-11(15)16/h4-6H,7H2,1-3H3,(H,15,16). The molecule has 92 valence electrons. The maximum absolute atomic E-state index is 10.4. The zero-order valence-corrected chi connectivity index (χ0v) is 10.0. The van der Waals surface area contributed by atoms with E-state index in [1.165, 1.54) is 5.01 Å². The Bertz CT molecular complexity index is 432. The number of hydrogen-bond donors (Lipinski definition) is 1. The van der Waals surface area contributed by atoms with Crippen molar-refractivity contribution in [2.75, 3.05) is 20.7 Å². The van der Waals surface area contributed by atoms with Gasteiger partial charge in [0, 0.05) is 7.05 Å². The van der Waals surface area contributed by atoms with Gasteiger partial charge >= 0.3 is 5.97 Å². The molecule has 0 bridgehead atoms. The Morgan fingerprint density at radius 2 is 2.24 bits per heavy atom. The number of ether oxygens (including phenoxy) is 1. The Morgan fingerprint density at radius 3 is 2.82 bits per heavy atom. The van der Waals surface area contributed by atoms with Crippen LogP contribution in [0, 0.1) is 6.92 Å². The van der Waals surface area contributed by atoms with Crippen LogP contribution in [0.1, 0.15) is 5.56 Å². The molecule has 0 aliphatic heterocycles. The van der Waals surface area contributed by atoms with Gasteiger partial charge in [-0.25, -0.2) is 0 Å². The van der Waals surface area contributed by atoms with E-state index in [1.807, 2.05) is 19.1 Å². The zero-order chi connectivity index (χ0) is 12.8. The van der Waals surface area contributed by atoms with E-state index in [-0.39, 0.29) is 6.54 Å². The minimum Gasteiger partial charge on any atom is -0.494 e. The van der Waals surface area contributed by atoms with Crippen LogP contribution in [0.25, 0.3) is 0 Å². The first-order valence-corrected chi connectivity index (χ1v) is 5.02. The molecule has 0 atom stereocenters. The van der Waals surface area contributed by atoms with E-state index < -0.39 is 5.97 Å². The molecule has 6 heteroatoms. The third kappa shape index (κ3) is 4.10. The number of carboxylic acid groups (broad SMARTS) is 1. The number of benzene rings is 1. The van der Waals surface area contributed by atoms with Crippen LogP contribution in [0.2, 0.25) is 0 Å². The van der Waals surface area contributed by atoms with Crippen molar-refractivity contribution in [3.05, 3.63) is 23.8 Å². The van der Waals surface area contributed by atoms with E-state index in [4.69, 9.17) is 9.84 Å². The zero-order valence-electron chi connectivity index (χ0n) is 10.0.